The topological polar surface area (TPSA) is 88.2 Å². The highest BCUT2D eigenvalue weighted by molar-refractivity contribution is 5.83. The highest BCUT2D eigenvalue weighted by atomic mass is 16.3. The minimum atomic E-state index is -0.570. The first kappa shape index (κ1) is 15.2. The van der Waals surface area contributed by atoms with Crippen molar-refractivity contribution in [2.75, 3.05) is 5.32 Å². The Labute approximate surface area is 149 Å². The van der Waals surface area contributed by atoms with E-state index in [1.54, 1.807) is 16.9 Å². The zero-order chi connectivity index (χ0) is 17.7. The zero-order valence-corrected chi connectivity index (χ0v) is 14.3. The number of fused-ring (bicyclic) bond motifs is 2. The fraction of sp³-hybridized carbons (Fsp3) is 0.263. The summed E-state index contributed by atoms with van der Waals surface area (Å²) in [5.74, 6) is 0.566. The molecule has 0 amide bonds. The molecule has 4 heterocycles. The maximum atomic E-state index is 9.84. The minimum Gasteiger partial charge on any atom is -0.390 e. The molecule has 1 saturated carbocycles. The molecule has 0 radical (unpaired) electrons. The molecule has 0 aliphatic heterocycles. The number of nitrogens with zero attached hydrogens (tertiary/aromatic N) is 5. The lowest BCUT2D eigenvalue weighted by molar-refractivity contribution is -0.0236. The van der Waals surface area contributed by atoms with E-state index < -0.39 is 5.60 Å². The van der Waals surface area contributed by atoms with Crippen LogP contribution in [-0.4, -0.2) is 41.3 Å². The molecule has 0 atom stereocenters. The average molecular weight is 346 g/mol. The average Bonchev–Trinajstić information content (AvgIpc) is 3.03. The molecule has 0 saturated heterocycles. The number of hydrogen-bond acceptors (Lipinski definition) is 6. The standard InChI is InChI=1S/C19H18N6O/c1-19(26)9-12(10-19)22-18-21-11-17-13(6-8-25(17)24-18)14-4-5-15-16(23-14)3-2-7-20-15/h2-8,11-12,26H,9-10H2,1H3,(H,22,24)/t12-,19+. The van der Waals surface area contributed by atoms with Crippen LogP contribution in [0.5, 0.6) is 0 Å². The molecule has 1 aliphatic rings. The molecule has 0 bridgehead atoms. The fourth-order valence-corrected chi connectivity index (χ4v) is 3.58. The molecule has 1 fully saturated rings. The molecule has 7 nitrogen and oxygen atoms in total. The maximum absolute atomic E-state index is 9.84. The normalized spacial score (nSPS) is 22.5. The molecule has 4 aromatic heterocycles. The van der Waals surface area contributed by atoms with Crippen molar-refractivity contribution >= 4 is 22.5 Å². The molecule has 4 aromatic rings. The Morgan fingerprint density at radius 1 is 1.15 bits per heavy atom. The maximum Gasteiger partial charge on any atom is 0.241 e. The van der Waals surface area contributed by atoms with Crippen LogP contribution in [0.15, 0.2) is 48.9 Å². The van der Waals surface area contributed by atoms with Crippen LogP contribution >= 0.6 is 0 Å². The summed E-state index contributed by atoms with van der Waals surface area (Å²) in [6, 6.07) is 9.98. The van der Waals surface area contributed by atoms with Crippen LogP contribution < -0.4 is 5.32 Å². The van der Waals surface area contributed by atoms with Gasteiger partial charge in [-0.25, -0.2) is 14.5 Å². The second-order valence-electron chi connectivity index (χ2n) is 7.13. The van der Waals surface area contributed by atoms with Crippen LogP contribution in [0.25, 0.3) is 27.8 Å². The molecular formula is C19H18N6O. The molecule has 0 aromatic carbocycles. The van der Waals surface area contributed by atoms with E-state index >= 15 is 0 Å². The summed E-state index contributed by atoms with van der Waals surface area (Å²) in [4.78, 5) is 13.4. The van der Waals surface area contributed by atoms with Crippen LogP contribution in [0, 0.1) is 0 Å². The van der Waals surface area contributed by atoms with Gasteiger partial charge in [-0.1, -0.05) is 0 Å². The van der Waals surface area contributed by atoms with Crippen molar-refractivity contribution in [3.63, 3.8) is 0 Å². The predicted octanol–water partition coefficient (Wildman–Crippen LogP) is 2.66. The third-order valence-electron chi connectivity index (χ3n) is 4.85. The Kier molecular flexibility index (Phi) is 3.20. The molecule has 2 N–H and O–H groups in total. The monoisotopic (exact) mass is 346 g/mol. The van der Waals surface area contributed by atoms with Crippen LogP contribution in [0.4, 0.5) is 5.95 Å². The summed E-state index contributed by atoms with van der Waals surface area (Å²) in [6.07, 6.45) is 6.89. The Bertz CT molecular complexity index is 1110. The van der Waals surface area contributed by atoms with Gasteiger partial charge in [-0.15, -0.1) is 5.10 Å². The van der Waals surface area contributed by atoms with Crippen molar-refractivity contribution in [1.82, 2.24) is 24.6 Å². The third-order valence-corrected chi connectivity index (χ3v) is 4.85. The van der Waals surface area contributed by atoms with Crippen LogP contribution in [0.3, 0.4) is 0 Å². The van der Waals surface area contributed by atoms with Crippen molar-refractivity contribution in [2.45, 2.75) is 31.4 Å². The lowest BCUT2D eigenvalue weighted by Crippen LogP contribution is -2.48. The number of pyridine rings is 2. The fourth-order valence-electron chi connectivity index (χ4n) is 3.58. The predicted molar refractivity (Wildman–Crippen MR) is 98.8 cm³/mol. The minimum absolute atomic E-state index is 0.215. The Hall–Kier alpha value is -3.06. The number of nitrogens with one attached hydrogen (secondary N) is 1. The van der Waals surface area contributed by atoms with Crippen molar-refractivity contribution in [1.29, 1.82) is 0 Å². The van der Waals surface area contributed by atoms with Crippen molar-refractivity contribution in [3.8, 4) is 11.3 Å². The summed E-state index contributed by atoms with van der Waals surface area (Å²) in [7, 11) is 0. The number of hydrogen-bond donors (Lipinski definition) is 2. The summed E-state index contributed by atoms with van der Waals surface area (Å²) in [5.41, 5.74) is 3.91. The van der Waals surface area contributed by atoms with Crippen LogP contribution in [0.2, 0.25) is 0 Å². The summed E-state index contributed by atoms with van der Waals surface area (Å²) in [5, 5.41) is 17.6. The van der Waals surface area contributed by atoms with Crippen LogP contribution in [-0.2, 0) is 0 Å². The van der Waals surface area contributed by atoms with E-state index in [2.05, 4.69) is 20.4 Å². The first-order chi connectivity index (χ1) is 12.6. The van der Waals surface area contributed by atoms with Crippen molar-refractivity contribution in [2.24, 2.45) is 0 Å². The Balaban J connectivity index is 1.47. The van der Waals surface area contributed by atoms with E-state index in [0.717, 1.165) is 27.8 Å². The van der Waals surface area contributed by atoms with Gasteiger partial charge in [0.25, 0.3) is 0 Å². The number of anilines is 1. The van der Waals surface area contributed by atoms with Gasteiger partial charge in [-0.05, 0) is 50.1 Å². The van der Waals surface area contributed by atoms with E-state index in [4.69, 9.17) is 4.98 Å². The first-order valence-corrected chi connectivity index (χ1v) is 8.63. The highest BCUT2D eigenvalue weighted by Crippen LogP contribution is 2.33. The van der Waals surface area contributed by atoms with Gasteiger partial charge < -0.3 is 10.4 Å². The molecule has 130 valence electrons. The smallest absolute Gasteiger partial charge is 0.241 e. The summed E-state index contributed by atoms with van der Waals surface area (Å²) < 4.78 is 1.80. The van der Waals surface area contributed by atoms with Crippen LogP contribution in [0.1, 0.15) is 19.8 Å². The quantitative estimate of drug-likeness (QED) is 0.593. The molecule has 7 heteroatoms. The van der Waals surface area contributed by atoms with Crippen molar-refractivity contribution in [3.05, 3.63) is 48.9 Å². The second-order valence-corrected chi connectivity index (χ2v) is 7.13. The van der Waals surface area contributed by atoms with E-state index in [1.807, 2.05) is 43.5 Å². The molecule has 0 spiro atoms. The number of aliphatic hydroxyl groups is 1. The first-order valence-electron chi connectivity index (χ1n) is 8.63. The Morgan fingerprint density at radius 2 is 2.04 bits per heavy atom. The van der Waals surface area contributed by atoms with Gasteiger partial charge in [0, 0.05) is 24.0 Å². The van der Waals surface area contributed by atoms with Gasteiger partial charge in [0.1, 0.15) is 0 Å². The lowest BCUT2D eigenvalue weighted by atomic mass is 9.77. The molecule has 5 rings (SSSR count). The van der Waals surface area contributed by atoms with Gasteiger partial charge >= 0.3 is 0 Å². The van der Waals surface area contributed by atoms with E-state index in [-0.39, 0.29) is 6.04 Å². The molecular weight excluding hydrogens is 328 g/mol. The van der Waals surface area contributed by atoms with Gasteiger partial charge in [0.2, 0.25) is 5.95 Å². The SMILES string of the molecule is C[C@]1(O)C[C@@H](Nc2ncc3c(-c4ccc5ncccc5n4)ccn3n2)C1. The summed E-state index contributed by atoms with van der Waals surface area (Å²) in [6.45, 7) is 1.85. The van der Waals surface area contributed by atoms with E-state index in [1.165, 1.54) is 0 Å². The Morgan fingerprint density at radius 3 is 2.88 bits per heavy atom. The zero-order valence-electron chi connectivity index (χ0n) is 14.3. The number of aromatic nitrogens is 5. The van der Waals surface area contributed by atoms with Gasteiger partial charge in [0.05, 0.1) is 34.0 Å². The van der Waals surface area contributed by atoms with Gasteiger partial charge in [-0.2, -0.15) is 0 Å². The van der Waals surface area contributed by atoms with E-state index in [0.29, 0.717) is 18.8 Å². The van der Waals surface area contributed by atoms with Crippen molar-refractivity contribution < 1.29 is 5.11 Å². The molecule has 1 aliphatic carbocycles. The molecule has 0 unspecified atom stereocenters. The van der Waals surface area contributed by atoms with E-state index in [9.17, 15) is 5.11 Å². The van der Waals surface area contributed by atoms with Gasteiger partial charge in [-0.3, -0.25) is 4.98 Å². The number of rotatable bonds is 3. The largest absolute Gasteiger partial charge is 0.390 e. The highest BCUT2D eigenvalue weighted by Gasteiger charge is 2.38. The lowest BCUT2D eigenvalue weighted by Gasteiger charge is -2.41. The third kappa shape index (κ3) is 2.57. The van der Waals surface area contributed by atoms with Gasteiger partial charge in [0.15, 0.2) is 0 Å². The molecule has 26 heavy (non-hydrogen) atoms. The summed E-state index contributed by atoms with van der Waals surface area (Å²) >= 11 is 0. The second kappa shape index (κ2) is 5.47.